The second kappa shape index (κ2) is 10.8. The Kier molecular flexibility index (Phi) is 8.77. The Morgan fingerprint density at radius 1 is 1.04 bits per heavy atom. The Hall–Kier alpha value is -1.22. The lowest BCUT2D eigenvalue weighted by molar-refractivity contribution is -0.256. The van der Waals surface area contributed by atoms with Crippen molar-refractivity contribution in [1.82, 2.24) is 0 Å². The van der Waals surface area contributed by atoms with Crippen LogP contribution in [0.1, 0.15) is 76.3 Å². The van der Waals surface area contributed by atoms with Crippen LogP contribution in [0.4, 0.5) is 8.78 Å². The lowest BCUT2D eigenvalue weighted by Gasteiger charge is -2.30. The number of allylic oxidation sites excluding steroid dienone is 2. The highest BCUT2D eigenvalue weighted by atomic mass is 19.3. The molecule has 0 bridgehead atoms. The van der Waals surface area contributed by atoms with Crippen molar-refractivity contribution >= 4 is 0 Å². The molecule has 0 radical (unpaired) electrons. The predicted molar refractivity (Wildman–Crippen MR) is 104 cm³/mol. The molecular weight excluding hydrogens is 330 g/mol. The van der Waals surface area contributed by atoms with Gasteiger partial charge in [0.1, 0.15) is 0 Å². The van der Waals surface area contributed by atoms with E-state index in [1.54, 1.807) is 0 Å². The molecule has 0 unspecified atom stereocenters. The summed E-state index contributed by atoms with van der Waals surface area (Å²) in [5, 5.41) is 0. The lowest BCUT2D eigenvalue weighted by Crippen LogP contribution is -2.27. The fourth-order valence-electron chi connectivity index (χ4n) is 3.90. The smallest absolute Gasteiger partial charge is 0.316 e. The minimum Gasteiger partial charge on any atom is -0.316 e. The average Bonchev–Trinajstić information content (AvgIpc) is 2.63. The predicted octanol–water partition coefficient (Wildman–Crippen LogP) is 7.30. The summed E-state index contributed by atoms with van der Waals surface area (Å²) < 4.78 is 33.4. The summed E-state index contributed by atoms with van der Waals surface area (Å²) in [5.41, 5.74) is 2.06. The van der Waals surface area contributed by atoms with Gasteiger partial charge in [-0.15, -0.1) is 0 Å². The first-order chi connectivity index (χ1) is 12.5. The van der Waals surface area contributed by atoms with Crippen LogP contribution in [-0.2, 0) is 17.8 Å². The summed E-state index contributed by atoms with van der Waals surface area (Å²) in [5.74, 6) is 0.800. The summed E-state index contributed by atoms with van der Waals surface area (Å²) >= 11 is 0. The van der Waals surface area contributed by atoms with Crippen molar-refractivity contribution in [3.8, 4) is 0 Å². The van der Waals surface area contributed by atoms with Crippen molar-refractivity contribution in [2.75, 3.05) is 0 Å². The van der Waals surface area contributed by atoms with E-state index in [0.717, 1.165) is 50.5 Å². The monoisotopic (exact) mass is 364 g/mol. The summed E-state index contributed by atoms with van der Waals surface area (Å²) in [6, 6.07) is 7.82. The van der Waals surface area contributed by atoms with E-state index in [0.29, 0.717) is 5.92 Å². The molecule has 2 rings (SSSR count). The molecule has 1 aliphatic carbocycles. The van der Waals surface area contributed by atoms with Gasteiger partial charge in [0.25, 0.3) is 0 Å². The van der Waals surface area contributed by atoms with E-state index in [4.69, 9.17) is 4.74 Å². The molecule has 1 saturated carbocycles. The van der Waals surface area contributed by atoms with E-state index in [1.165, 1.54) is 12.0 Å². The zero-order valence-corrected chi connectivity index (χ0v) is 16.4. The number of alkyl halides is 2. The molecule has 1 nitrogen and oxygen atoms in total. The van der Waals surface area contributed by atoms with Gasteiger partial charge < -0.3 is 4.74 Å². The van der Waals surface area contributed by atoms with Crippen LogP contribution in [0.2, 0.25) is 0 Å². The minimum atomic E-state index is -3.02. The van der Waals surface area contributed by atoms with Crippen molar-refractivity contribution in [2.45, 2.75) is 84.4 Å². The van der Waals surface area contributed by atoms with Crippen LogP contribution in [0.3, 0.4) is 0 Å². The molecule has 0 heterocycles. The number of benzene rings is 1. The van der Waals surface area contributed by atoms with Crippen LogP contribution >= 0.6 is 0 Å². The SMILES string of the molecule is CC=CCC[C@H]1CC[C@H](CC(F)(F)OCc2ccc(CCC)cc2)CC1. The average molecular weight is 365 g/mol. The topological polar surface area (TPSA) is 9.23 Å². The number of rotatable bonds is 10. The van der Waals surface area contributed by atoms with Gasteiger partial charge >= 0.3 is 6.11 Å². The third kappa shape index (κ3) is 7.57. The standard InChI is InChI=1S/C23H34F2O/c1-3-5-6-8-20-9-13-21(14-10-20)17-23(24,25)26-18-22-15-11-19(7-4-2)12-16-22/h3,5,11-12,15-16,20-21H,4,6-10,13-14,17-18H2,1-2H3/t20-,21-. The molecule has 3 heteroatoms. The van der Waals surface area contributed by atoms with Crippen molar-refractivity contribution < 1.29 is 13.5 Å². The molecule has 0 aliphatic heterocycles. The molecule has 26 heavy (non-hydrogen) atoms. The van der Waals surface area contributed by atoms with E-state index in [9.17, 15) is 8.78 Å². The normalized spacial score (nSPS) is 21.4. The first-order valence-corrected chi connectivity index (χ1v) is 10.2. The van der Waals surface area contributed by atoms with Crippen LogP contribution in [0.25, 0.3) is 0 Å². The Morgan fingerprint density at radius 3 is 2.27 bits per heavy atom. The van der Waals surface area contributed by atoms with Gasteiger partial charge in [-0.05, 0) is 62.0 Å². The quantitative estimate of drug-likeness (QED) is 0.396. The number of aryl methyl sites for hydroxylation is 1. The fourth-order valence-corrected chi connectivity index (χ4v) is 3.90. The van der Waals surface area contributed by atoms with Gasteiger partial charge in [0.15, 0.2) is 0 Å². The number of ether oxygens (including phenoxy) is 1. The minimum absolute atomic E-state index is 0.0158. The molecule has 0 aromatic heterocycles. The Bertz CT molecular complexity index is 528. The van der Waals surface area contributed by atoms with Crippen LogP contribution in [0.15, 0.2) is 36.4 Å². The molecule has 0 amide bonds. The summed E-state index contributed by atoms with van der Waals surface area (Å²) in [4.78, 5) is 0. The van der Waals surface area contributed by atoms with Gasteiger partial charge in [-0.1, -0.05) is 62.6 Å². The second-order valence-corrected chi connectivity index (χ2v) is 7.73. The third-order valence-electron chi connectivity index (χ3n) is 5.48. The second-order valence-electron chi connectivity index (χ2n) is 7.73. The lowest BCUT2D eigenvalue weighted by atomic mass is 9.78. The molecule has 1 aromatic carbocycles. The molecule has 0 N–H and O–H groups in total. The van der Waals surface area contributed by atoms with E-state index in [-0.39, 0.29) is 18.9 Å². The number of halogens is 2. The van der Waals surface area contributed by atoms with Crippen molar-refractivity contribution in [3.63, 3.8) is 0 Å². The molecule has 146 valence electrons. The highest BCUT2D eigenvalue weighted by Gasteiger charge is 2.35. The number of hydrogen-bond acceptors (Lipinski definition) is 1. The van der Waals surface area contributed by atoms with Gasteiger partial charge in [-0.3, -0.25) is 0 Å². The maximum atomic E-state index is 14.2. The van der Waals surface area contributed by atoms with Gasteiger partial charge in [0, 0.05) is 6.42 Å². The molecule has 0 spiro atoms. The van der Waals surface area contributed by atoms with Crippen molar-refractivity contribution in [1.29, 1.82) is 0 Å². The molecule has 1 aromatic rings. The van der Waals surface area contributed by atoms with Gasteiger partial charge in [0.05, 0.1) is 6.61 Å². The zero-order valence-electron chi connectivity index (χ0n) is 16.4. The van der Waals surface area contributed by atoms with E-state index in [1.807, 2.05) is 31.2 Å². The molecule has 0 atom stereocenters. The molecule has 1 fully saturated rings. The van der Waals surface area contributed by atoms with Crippen LogP contribution in [0, 0.1) is 11.8 Å². The Morgan fingerprint density at radius 2 is 1.65 bits per heavy atom. The Balaban J connectivity index is 1.71. The van der Waals surface area contributed by atoms with Crippen molar-refractivity contribution in [2.24, 2.45) is 11.8 Å². The molecule has 1 aliphatic rings. The van der Waals surface area contributed by atoms with Crippen LogP contribution < -0.4 is 0 Å². The number of hydrogen-bond donors (Lipinski definition) is 0. The maximum Gasteiger partial charge on any atom is 0.356 e. The van der Waals surface area contributed by atoms with E-state index >= 15 is 0 Å². The van der Waals surface area contributed by atoms with E-state index in [2.05, 4.69) is 19.1 Å². The maximum absolute atomic E-state index is 14.2. The fraction of sp³-hybridized carbons (Fsp3) is 0.652. The molecular formula is C23H34F2O. The highest BCUT2D eigenvalue weighted by Crippen LogP contribution is 2.38. The third-order valence-corrected chi connectivity index (χ3v) is 5.48. The zero-order chi connectivity index (χ0) is 18.8. The highest BCUT2D eigenvalue weighted by molar-refractivity contribution is 5.22. The summed E-state index contributed by atoms with van der Waals surface area (Å²) in [6.07, 6.45) is 9.52. The first kappa shape index (κ1) is 21.1. The van der Waals surface area contributed by atoms with Gasteiger partial charge in [-0.25, -0.2) is 0 Å². The van der Waals surface area contributed by atoms with Gasteiger partial charge in [0.2, 0.25) is 0 Å². The summed E-state index contributed by atoms with van der Waals surface area (Å²) in [6.45, 7) is 4.16. The largest absolute Gasteiger partial charge is 0.356 e. The molecule has 0 saturated heterocycles. The van der Waals surface area contributed by atoms with Crippen molar-refractivity contribution in [3.05, 3.63) is 47.5 Å². The van der Waals surface area contributed by atoms with Gasteiger partial charge in [-0.2, -0.15) is 8.78 Å². The van der Waals surface area contributed by atoms with E-state index < -0.39 is 6.11 Å². The first-order valence-electron chi connectivity index (χ1n) is 10.2. The van der Waals surface area contributed by atoms with Crippen LogP contribution in [0.5, 0.6) is 0 Å². The van der Waals surface area contributed by atoms with Crippen LogP contribution in [-0.4, -0.2) is 6.11 Å². The Labute approximate surface area is 157 Å². The summed E-state index contributed by atoms with van der Waals surface area (Å²) in [7, 11) is 0.